The second kappa shape index (κ2) is 8.10. The Bertz CT molecular complexity index is 502. The molecule has 0 aromatic heterocycles. The summed E-state index contributed by atoms with van der Waals surface area (Å²) in [4.78, 5) is 13.8. The van der Waals surface area contributed by atoms with Gasteiger partial charge in [-0.3, -0.25) is 4.79 Å². The lowest BCUT2D eigenvalue weighted by Crippen LogP contribution is -2.46. The average molecular weight is 317 g/mol. The largest absolute Gasteiger partial charge is 0.335 e. The fraction of sp³-hybridized carbons (Fsp3) is 0.400. The van der Waals surface area contributed by atoms with Crippen LogP contribution in [0.4, 0.5) is 8.78 Å². The van der Waals surface area contributed by atoms with E-state index in [9.17, 15) is 13.6 Å². The van der Waals surface area contributed by atoms with Gasteiger partial charge in [-0.05, 0) is 37.5 Å². The first-order valence-corrected chi connectivity index (χ1v) is 6.76. The van der Waals surface area contributed by atoms with Crippen LogP contribution in [0.2, 0.25) is 0 Å². The third kappa shape index (κ3) is 4.25. The molecule has 3 nitrogen and oxygen atoms in total. The maximum Gasteiger partial charge on any atom is 0.246 e. The lowest BCUT2D eigenvalue weighted by Gasteiger charge is -2.34. The van der Waals surface area contributed by atoms with Gasteiger partial charge in [0, 0.05) is 30.8 Å². The van der Waals surface area contributed by atoms with Gasteiger partial charge in [0.25, 0.3) is 0 Å². The number of nitrogens with two attached hydrogens (primary N) is 1. The normalized spacial score (nSPS) is 18.6. The molecule has 1 fully saturated rings. The Morgan fingerprint density at radius 3 is 2.62 bits per heavy atom. The van der Waals surface area contributed by atoms with Gasteiger partial charge >= 0.3 is 0 Å². The van der Waals surface area contributed by atoms with Crippen molar-refractivity contribution in [2.75, 3.05) is 13.1 Å². The number of nitrogens with zero attached hydrogens (tertiary/aromatic N) is 1. The van der Waals surface area contributed by atoms with Crippen molar-refractivity contribution in [1.82, 2.24) is 4.90 Å². The van der Waals surface area contributed by atoms with Crippen LogP contribution in [0.5, 0.6) is 0 Å². The second-order valence-corrected chi connectivity index (χ2v) is 4.89. The van der Waals surface area contributed by atoms with E-state index in [4.69, 9.17) is 5.73 Å². The molecule has 2 rings (SSSR count). The lowest BCUT2D eigenvalue weighted by atomic mass is 10.0. The molecule has 1 atom stereocenters. The van der Waals surface area contributed by atoms with Crippen LogP contribution in [0.1, 0.15) is 24.8 Å². The van der Waals surface area contributed by atoms with Crippen LogP contribution in [0.15, 0.2) is 24.3 Å². The molecular weight excluding hydrogens is 298 g/mol. The highest BCUT2D eigenvalue weighted by Crippen LogP contribution is 2.18. The predicted molar refractivity (Wildman–Crippen MR) is 81.0 cm³/mol. The van der Waals surface area contributed by atoms with Gasteiger partial charge in [-0.15, -0.1) is 12.4 Å². The third-order valence-electron chi connectivity index (χ3n) is 3.57. The first-order chi connectivity index (χ1) is 9.63. The molecule has 0 bridgehead atoms. The van der Waals surface area contributed by atoms with Crippen LogP contribution < -0.4 is 5.73 Å². The summed E-state index contributed by atoms with van der Waals surface area (Å²) in [6.45, 7) is 1.05. The Hall–Kier alpha value is -1.46. The van der Waals surface area contributed by atoms with Crippen LogP contribution >= 0.6 is 12.4 Å². The Balaban J connectivity index is 0.00000220. The van der Waals surface area contributed by atoms with E-state index < -0.39 is 11.6 Å². The number of likely N-dealkylation sites (tertiary alicyclic amines) is 1. The Kier molecular flexibility index (Phi) is 6.78. The SMILES string of the molecule is Cl.NCC1CCCCN1C(=O)C=Cc1c(F)cccc1F. The highest BCUT2D eigenvalue weighted by atomic mass is 35.5. The van der Waals surface area contributed by atoms with E-state index in [2.05, 4.69) is 0 Å². The summed E-state index contributed by atoms with van der Waals surface area (Å²) < 4.78 is 26.9. The third-order valence-corrected chi connectivity index (χ3v) is 3.57. The Labute approximate surface area is 129 Å². The lowest BCUT2D eigenvalue weighted by molar-refractivity contribution is -0.129. The van der Waals surface area contributed by atoms with E-state index in [0.717, 1.165) is 31.4 Å². The molecule has 1 aromatic rings. The average Bonchev–Trinajstić information content (AvgIpc) is 2.46. The minimum atomic E-state index is -0.678. The minimum Gasteiger partial charge on any atom is -0.335 e. The molecule has 21 heavy (non-hydrogen) atoms. The second-order valence-electron chi connectivity index (χ2n) is 4.89. The van der Waals surface area contributed by atoms with Gasteiger partial charge in [0.05, 0.1) is 0 Å². The van der Waals surface area contributed by atoms with Gasteiger partial charge in [0.15, 0.2) is 0 Å². The zero-order chi connectivity index (χ0) is 14.5. The molecule has 0 saturated carbocycles. The number of amides is 1. The smallest absolute Gasteiger partial charge is 0.246 e. The number of hydrogen-bond acceptors (Lipinski definition) is 2. The van der Waals surface area contributed by atoms with Gasteiger partial charge in [-0.25, -0.2) is 8.78 Å². The predicted octanol–water partition coefficient (Wildman–Crippen LogP) is 2.74. The molecule has 2 N–H and O–H groups in total. The summed E-state index contributed by atoms with van der Waals surface area (Å²) in [6.07, 6.45) is 5.27. The summed E-state index contributed by atoms with van der Waals surface area (Å²) >= 11 is 0. The van der Waals surface area contributed by atoms with Crippen molar-refractivity contribution in [3.63, 3.8) is 0 Å². The number of carbonyl (C=O) groups is 1. The molecule has 0 radical (unpaired) electrons. The fourth-order valence-corrected chi connectivity index (χ4v) is 2.46. The van der Waals surface area contributed by atoms with Crippen molar-refractivity contribution >= 4 is 24.4 Å². The molecule has 0 spiro atoms. The summed E-state index contributed by atoms with van der Waals surface area (Å²) in [5, 5.41) is 0. The van der Waals surface area contributed by atoms with Gasteiger partial charge in [0.1, 0.15) is 11.6 Å². The number of carbonyl (C=O) groups excluding carboxylic acids is 1. The fourth-order valence-electron chi connectivity index (χ4n) is 2.46. The van der Waals surface area contributed by atoms with E-state index in [0.29, 0.717) is 13.1 Å². The molecule has 0 aliphatic carbocycles. The molecular formula is C15H19ClF2N2O. The molecule has 1 amide bonds. The first-order valence-electron chi connectivity index (χ1n) is 6.76. The molecule has 116 valence electrons. The number of benzene rings is 1. The standard InChI is InChI=1S/C15H18F2N2O.ClH/c16-13-5-3-6-14(17)12(13)7-8-15(20)19-9-2-1-4-11(19)10-18;/h3,5-8,11H,1-2,4,9-10,18H2;1H. The number of hydrogen-bond donors (Lipinski definition) is 1. The Morgan fingerprint density at radius 1 is 1.33 bits per heavy atom. The van der Waals surface area contributed by atoms with Crippen LogP contribution in [0.25, 0.3) is 6.08 Å². The monoisotopic (exact) mass is 316 g/mol. The Morgan fingerprint density at radius 2 is 2.00 bits per heavy atom. The van der Waals surface area contributed by atoms with Crippen molar-refractivity contribution in [2.45, 2.75) is 25.3 Å². The van der Waals surface area contributed by atoms with E-state index in [1.165, 1.54) is 18.2 Å². The van der Waals surface area contributed by atoms with Gasteiger partial charge in [-0.2, -0.15) is 0 Å². The van der Waals surface area contributed by atoms with Crippen molar-refractivity contribution in [1.29, 1.82) is 0 Å². The molecule has 1 saturated heterocycles. The summed E-state index contributed by atoms with van der Waals surface area (Å²) in [5.74, 6) is -1.60. The number of halogens is 3. The van der Waals surface area contributed by atoms with Crippen LogP contribution in [0.3, 0.4) is 0 Å². The highest BCUT2D eigenvalue weighted by Gasteiger charge is 2.23. The quantitative estimate of drug-likeness (QED) is 0.872. The summed E-state index contributed by atoms with van der Waals surface area (Å²) in [6, 6.07) is 3.64. The molecule has 1 aliphatic heterocycles. The van der Waals surface area contributed by atoms with Gasteiger partial charge < -0.3 is 10.6 Å². The van der Waals surface area contributed by atoms with Crippen LogP contribution in [0, 0.1) is 11.6 Å². The summed E-state index contributed by atoms with van der Waals surface area (Å²) in [5.41, 5.74) is 5.46. The summed E-state index contributed by atoms with van der Waals surface area (Å²) in [7, 11) is 0. The highest BCUT2D eigenvalue weighted by molar-refractivity contribution is 5.92. The maximum absolute atomic E-state index is 13.4. The minimum absolute atomic E-state index is 0. The van der Waals surface area contributed by atoms with E-state index >= 15 is 0 Å². The van der Waals surface area contributed by atoms with Crippen molar-refractivity contribution in [3.05, 3.63) is 41.5 Å². The van der Waals surface area contributed by atoms with Gasteiger partial charge in [0.2, 0.25) is 5.91 Å². The molecule has 1 heterocycles. The van der Waals surface area contributed by atoms with Gasteiger partial charge in [-0.1, -0.05) is 6.07 Å². The number of piperidine rings is 1. The first kappa shape index (κ1) is 17.6. The van der Waals surface area contributed by atoms with Crippen molar-refractivity contribution in [2.24, 2.45) is 5.73 Å². The maximum atomic E-state index is 13.4. The zero-order valence-electron chi connectivity index (χ0n) is 11.6. The number of rotatable bonds is 3. The molecule has 6 heteroatoms. The van der Waals surface area contributed by atoms with Crippen molar-refractivity contribution in [3.8, 4) is 0 Å². The van der Waals surface area contributed by atoms with Crippen LogP contribution in [-0.2, 0) is 4.79 Å². The van der Waals surface area contributed by atoms with Crippen molar-refractivity contribution < 1.29 is 13.6 Å². The molecule has 1 aromatic carbocycles. The van der Waals surface area contributed by atoms with E-state index in [-0.39, 0.29) is 29.9 Å². The van der Waals surface area contributed by atoms with E-state index in [1.807, 2.05) is 0 Å². The van der Waals surface area contributed by atoms with E-state index in [1.54, 1.807) is 4.90 Å². The molecule has 1 aliphatic rings. The zero-order valence-corrected chi connectivity index (χ0v) is 12.4. The topological polar surface area (TPSA) is 46.3 Å². The van der Waals surface area contributed by atoms with Crippen LogP contribution in [-0.4, -0.2) is 29.9 Å². The molecule has 1 unspecified atom stereocenters.